The van der Waals surface area contributed by atoms with Gasteiger partial charge in [0.25, 0.3) is 0 Å². The Hall–Kier alpha value is -3.06. The maximum Gasteiger partial charge on any atom is 0.229 e. The number of carbonyl (C=O) groups is 1. The number of anilines is 3. The van der Waals surface area contributed by atoms with Crippen molar-refractivity contribution in [1.82, 2.24) is 4.98 Å². The number of amides is 1. The molecule has 1 aromatic heterocycles. The lowest BCUT2D eigenvalue weighted by Gasteiger charge is -2.05. The summed E-state index contributed by atoms with van der Waals surface area (Å²) in [5.74, 6) is 0.457. The van der Waals surface area contributed by atoms with Crippen LogP contribution in [0.25, 0.3) is 0 Å². The van der Waals surface area contributed by atoms with Crippen LogP contribution >= 0.6 is 11.3 Å². The number of benzene rings is 2. The van der Waals surface area contributed by atoms with E-state index in [1.54, 1.807) is 0 Å². The third kappa shape index (κ3) is 5.21. The van der Waals surface area contributed by atoms with Crippen LogP contribution in [-0.2, 0) is 11.2 Å². The van der Waals surface area contributed by atoms with E-state index in [9.17, 15) is 9.90 Å². The normalized spacial score (nSPS) is 10.4. The Balaban J connectivity index is 1.62. The van der Waals surface area contributed by atoms with E-state index >= 15 is 0 Å². The van der Waals surface area contributed by atoms with Crippen LogP contribution < -0.4 is 15.4 Å². The average Bonchev–Trinajstić information content (AvgIpc) is 2.96. The van der Waals surface area contributed by atoms with Crippen LogP contribution in [0.2, 0.25) is 0 Å². The summed E-state index contributed by atoms with van der Waals surface area (Å²) >= 11 is 1.25. The summed E-state index contributed by atoms with van der Waals surface area (Å²) in [4.78, 5) is 16.8. The molecule has 1 heterocycles. The number of carbonyl (C=O) groups excluding carboxylic acids is 1. The van der Waals surface area contributed by atoms with Crippen LogP contribution in [0, 0.1) is 6.92 Å². The first-order valence-corrected chi connectivity index (χ1v) is 9.40. The number of nitrogens with zero attached hydrogens (tertiary/aromatic N) is 1. The van der Waals surface area contributed by atoms with Crippen LogP contribution in [0.15, 0.2) is 48.5 Å². The van der Waals surface area contributed by atoms with Crippen LogP contribution in [-0.4, -0.2) is 22.6 Å². The van der Waals surface area contributed by atoms with E-state index in [2.05, 4.69) is 15.6 Å². The van der Waals surface area contributed by atoms with Crippen LogP contribution in [0.3, 0.4) is 0 Å². The molecule has 0 saturated heterocycles. The molecule has 27 heavy (non-hydrogen) atoms. The highest BCUT2D eigenvalue weighted by Gasteiger charge is 2.14. The molecule has 3 aromatic rings. The second kappa shape index (κ2) is 8.55. The molecule has 0 saturated carbocycles. The Morgan fingerprint density at radius 1 is 1.19 bits per heavy atom. The average molecular weight is 383 g/mol. The number of aromatic hydroxyl groups is 1. The molecule has 2 aromatic carbocycles. The van der Waals surface area contributed by atoms with Crippen molar-refractivity contribution in [3.05, 3.63) is 59.0 Å². The number of rotatable bonds is 7. The smallest absolute Gasteiger partial charge is 0.229 e. The van der Waals surface area contributed by atoms with Crippen LogP contribution in [0.4, 0.5) is 16.5 Å². The molecule has 140 valence electrons. The molecule has 0 radical (unpaired) electrons. The second-order valence-electron chi connectivity index (χ2n) is 5.94. The van der Waals surface area contributed by atoms with Gasteiger partial charge >= 0.3 is 0 Å². The van der Waals surface area contributed by atoms with Gasteiger partial charge in [-0.05, 0) is 55.8 Å². The highest BCUT2D eigenvalue weighted by atomic mass is 32.1. The molecule has 0 aliphatic carbocycles. The molecule has 6 nitrogen and oxygen atoms in total. The predicted molar refractivity (Wildman–Crippen MR) is 108 cm³/mol. The molecular formula is C20H21N3O3S. The number of hydrogen-bond donors (Lipinski definition) is 3. The number of thiazole rings is 1. The first-order valence-electron chi connectivity index (χ1n) is 8.58. The van der Waals surface area contributed by atoms with Crippen LogP contribution in [0.1, 0.15) is 17.4 Å². The summed E-state index contributed by atoms with van der Waals surface area (Å²) in [6.07, 6.45) is 0.0579. The summed E-state index contributed by atoms with van der Waals surface area (Å²) in [5, 5.41) is 16.5. The number of aryl methyl sites for hydroxylation is 1. The van der Waals surface area contributed by atoms with E-state index in [4.69, 9.17) is 4.74 Å². The minimum atomic E-state index is -0.202. The summed E-state index contributed by atoms with van der Waals surface area (Å²) in [5.41, 5.74) is 2.62. The number of nitrogens with one attached hydrogen (secondary N) is 2. The zero-order chi connectivity index (χ0) is 19.2. The fraction of sp³-hybridized carbons (Fsp3) is 0.200. The number of hydrogen-bond acceptors (Lipinski definition) is 6. The largest absolute Gasteiger partial charge is 0.494 e. The molecule has 3 N–H and O–H groups in total. The highest BCUT2D eigenvalue weighted by Crippen LogP contribution is 2.31. The monoisotopic (exact) mass is 383 g/mol. The second-order valence-corrected chi connectivity index (χ2v) is 7.03. The van der Waals surface area contributed by atoms with Gasteiger partial charge < -0.3 is 20.5 Å². The Kier molecular flexibility index (Phi) is 5.93. The minimum Gasteiger partial charge on any atom is -0.494 e. The fourth-order valence-electron chi connectivity index (χ4n) is 2.51. The third-order valence-corrected chi connectivity index (χ3v) is 4.68. The molecule has 1 amide bonds. The first-order chi connectivity index (χ1) is 13.0. The Bertz CT molecular complexity index is 922. The molecule has 0 atom stereocenters. The van der Waals surface area contributed by atoms with E-state index in [-0.39, 0.29) is 18.2 Å². The zero-order valence-corrected chi connectivity index (χ0v) is 16.0. The van der Waals surface area contributed by atoms with Crippen molar-refractivity contribution in [2.24, 2.45) is 0 Å². The van der Waals surface area contributed by atoms with Gasteiger partial charge in [-0.15, -0.1) is 0 Å². The van der Waals surface area contributed by atoms with E-state index in [0.717, 1.165) is 22.7 Å². The predicted octanol–water partition coefficient (Wildman–Crippen LogP) is 4.48. The van der Waals surface area contributed by atoms with Crippen molar-refractivity contribution in [2.75, 3.05) is 17.2 Å². The van der Waals surface area contributed by atoms with E-state index in [0.29, 0.717) is 16.6 Å². The zero-order valence-electron chi connectivity index (χ0n) is 15.2. The van der Waals surface area contributed by atoms with Crippen molar-refractivity contribution in [3.8, 4) is 11.6 Å². The first kappa shape index (κ1) is 18.7. The molecule has 7 heteroatoms. The maximum absolute atomic E-state index is 12.2. The molecule has 0 spiro atoms. The van der Waals surface area contributed by atoms with Crippen molar-refractivity contribution < 1.29 is 14.6 Å². The van der Waals surface area contributed by atoms with E-state index in [1.807, 2.05) is 62.4 Å². The Labute approximate surface area is 161 Å². The van der Waals surface area contributed by atoms with E-state index < -0.39 is 0 Å². The van der Waals surface area contributed by atoms with Crippen molar-refractivity contribution in [2.45, 2.75) is 20.3 Å². The standard InChI is InChI=1S/C20H21N3O3S/c1-3-26-16-9-7-14(8-10-16)22-20-23-19(25)17(27-20)12-18(24)21-15-6-4-5-13(2)11-15/h4-11,25H,3,12H2,1-2H3,(H,21,24)(H,22,23). The van der Waals surface area contributed by atoms with Gasteiger partial charge in [-0.1, -0.05) is 23.5 Å². The van der Waals surface area contributed by atoms with Gasteiger partial charge in [-0.2, -0.15) is 4.98 Å². The molecule has 0 aliphatic rings. The van der Waals surface area contributed by atoms with Gasteiger partial charge in [0.15, 0.2) is 5.13 Å². The quantitative estimate of drug-likeness (QED) is 0.560. The topological polar surface area (TPSA) is 83.5 Å². The fourth-order valence-corrected chi connectivity index (χ4v) is 3.39. The third-order valence-electron chi connectivity index (χ3n) is 3.72. The molecular weight excluding hydrogens is 362 g/mol. The summed E-state index contributed by atoms with van der Waals surface area (Å²) in [7, 11) is 0. The minimum absolute atomic E-state index is 0.0579. The van der Waals surface area contributed by atoms with Gasteiger partial charge in [0.05, 0.1) is 17.9 Å². The van der Waals surface area contributed by atoms with E-state index in [1.165, 1.54) is 11.3 Å². The molecule has 0 fully saturated rings. The van der Waals surface area contributed by atoms with Gasteiger partial charge in [0.1, 0.15) is 5.75 Å². The van der Waals surface area contributed by atoms with Crippen LogP contribution in [0.5, 0.6) is 11.6 Å². The van der Waals surface area contributed by atoms with Crippen molar-refractivity contribution >= 4 is 33.8 Å². The van der Waals surface area contributed by atoms with Crippen molar-refractivity contribution in [3.63, 3.8) is 0 Å². The molecule has 0 unspecified atom stereocenters. The lowest BCUT2D eigenvalue weighted by atomic mass is 10.2. The number of ether oxygens (including phenoxy) is 1. The Morgan fingerprint density at radius 2 is 1.96 bits per heavy atom. The molecule has 0 bridgehead atoms. The van der Waals surface area contributed by atoms with Gasteiger partial charge in [-0.3, -0.25) is 4.79 Å². The summed E-state index contributed by atoms with van der Waals surface area (Å²) in [6.45, 7) is 4.51. The maximum atomic E-state index is 12.2. The summed E-state index contributed by atoms with van der Waals surface area (Å²) in [6, 6.07) is 15.0. The van der Waals surface area contributed by atoms with Gasteiger partial charge in [0.2, 0.25) is 11.8 Å². The lowest BCUT2D eigenvalue weighted by molar-refractivity contribution is -0.115. The summed E-state index contributed by atoms with van der Waals surface area (Å²) < 4.78 is 5.41. The number of aromatic nitrogens is 1. The van der Waals surface area contributed by atoms with Gasteiger partial charge in [0, 0.05) is 11.4 Å². The SMILES string of the molecule is CCOc1ccc(Nc2nc(O)c(CC(=O)Nc3cccc(C)c3)s2)cc1. The lowest BCUT2D eigenvalue weighted by Crippen LogP contribution is -2.13. The molecule has 0 aliphatic heterocycles. The highest BCUT2D eigenvalue weighted by molar-refractivity contribution is 7.16. The molecule has 3 rings (SSSR count). The Morgan fingerprint density at radius 3 is 2.67 bits per heavy atom. The van der Waals surface area contributed by atoms with Gasteiger partial charge in [-0.25, -0.2) is 0 Å². The van der Waals surface area contributed by atoms with Crippen molar-refractivity contribution in [1.29, 1.82) is 0 Å².